The summed E-state index contributed by atoms with van der Waals surface area (Å²) in [6, 6.07) is 13.0. The molecular weight excluding hydrogens is 524 g/mol. The van der Waals surface area contributed by atoms with E-state index in [2.05, 4.69) is 28.5 Å². The Morgan fingerprint density at radius 1 is 1.10 bits per heavy atom. The monoisotopic (exact) mass is 560 g/mol. The minimum atomic E-state index is -3.25. The van der Waals surface area contributed by atoms with Gasteiger partial charge in [0, 0.05) is 30.1 Å². The first kappa shape index (κ1) is 26.7. The first-order valence-corrected chi connectivity index (χ1v) is 15.8. The number of sulfone groups is 1. The van der Waals surface area contributed by atoms with Crippen LogP contribution in [-0.2, 0) is 21.8 Å². The average molecular weight is 561 g/mol. The maximum absolute atomic E-state index is 13.5. The van der Waals surface area contributed by atoms with Gasteiger partial charge >= 0.3 is 6.03 Å². The molecule has 6 rings (SSSR count). The molecule has 8 nitrogen and oxygen atoms in total. The Morgan fingerprint density at radius 2 is 1.82 bits per heavy atom. The van der Waals surface area contributed by atoms with Crippen molar-refractivity contribution in [3.8, 4) is 17.0 Å². The summed E-state index contributed by atoms with van der Waals surface area (Å²) >= 11 is 0. The molecule has 1 aliphatic heterocycles. The third-order valence-electron chi connectivity index (χ3n) is 8.69. The van der Waals surface area contributed by atoms with E-state index in [0.29, 0.717) is 29.8 Å². The van der Waals surface area contributed by atoms with Gasteiger partial charge in [-0.05, 0) is 73.6 Å². The Hall–Kier alpha value is -3.46. The van der Waals surface area contributed by atoms with Crippen LogP contribution in [0.4, 0.5) is 10.5 Å². The number of carbonyl (C=O) groups is 1. The molecule has 2 saturated carbocycles. The lowest BCUT2D eigenvalue weighted by molar-refractivity contribution is 0.245. The van der Waals surface area contributed by atoms with E-state index in [4.69, 9.17) is 9.72 Å². The lowest BCUT2D eigenvalue weighted by Gasteiger charge is -2.25. The van der Waals surface area contributed by atoms with Crippen molar-refractivity contribution < 1.29 is 17.9 Å². The van der Waals surface area contributed by atoms with Crippen molar-refractivity contribution in [3.05, 3.63) is 65.1 Å². The van der Waals surface area contributed by atoms with Gasteiger partial charge in [-0.2, -0.15) is 4.98 Å². The summed E-state index contributed by atoms with van der Waals surface area (Å²) in [5.41, 5.74) is 6.06. The summed E-state index contributed by atoms with van der Waals surface area (Å²) in [7, 11) is -1.59. The Balaban J connectivity index is 1.29. The highest BCUT2D eigenvalue weighted by molar-refractivity contribution is 7.91. The minimum Gasteiger partial charge on any atom is -0.480 e. The number of carbonyl (C=O) groups excluding carboxylic acids is 1. The van der Waals surface area contributed by atoms with Crippen LogP contribution in [0.2, 0.25) is 0 Å². The smallest absolute Gasteiger partial charge is 0.322 e. The number of nitrogens with one attached hydrogen (secondary N) is 1. The van der Waals surface area contributed by atoms with Crippen molar-refractivity contribution in [3.63, 3.8) is 0 Å². The fraction of sp³-hybridized carbons (Fsp3) is 0.452. The zero-order valence-electron chi connectivity index (χ0n) is 23.4. The van der Waals surface area contributed by atoms with Gasteiger partial charge in [-0.3, -0.25) is 4.90 Å². The van der Waals surface area contributed by atoms with Gasteiger partial charge in [-0.25, -0.2) is 18.2 Å². The van der Waals surface area contributed by atoms with Gasteiger partial charge in [0.25, 0.3) is 0 Å². The normalized spacial score (nSPS) is 17.7. The number of anilines is 1. The van der Waals surface area contributed by atoms with Gasteiger partial charge < -0.3 is 10.1 Å². The van der Waals surface area contributed by atoms with Crippen LogP contribution >= 0.6 is 0 Å². The highest BCUT2D eigenvalue weighted by Crippen LogP contribution is 2.53. The summed E-state index contributed by atoms with van der Waals surface area (Å²) in [6.07, 6.45) is 6.67. The van der Waals surface area contributed by atoms with Crippen molar-refractivity contribution in [2.24, 2.45) is 0 Å². The van der Waals surface area contributed by atoms with Crippen LogP contribution in [0.25, 0.3) is 11.1 Å². The van der Waals surface area contributed by atoms with E-state index in [1.165, 1.54) is 5.56 Å². The van der Waals surface area contributed by atoms with Crippen LogP contribution in [0.1, 0.15) is 74.0 Å². The van der Waals surface area contributed by atoms with Crippen molar-refractivity contribution >= 4 is 21.6 Å². The number of hydrogen-bond acceptors (Lipinski definition) is 6. The number of rotatable bonds is 7. The number of amides is 2. The highest BCUT2D eigenvalue weighted by Gasteiger charge is 2.46. The number of aryl methyl sites for hydroxylation is 1. The number of aromatic nitrogens is 2. The number of urea groups is 1. The molecule has 0 radical (unpaired) electrons. The first-order valence-electron chi connectivity index (χ1n) is 14.2. The quantitative estimate of drug-likeness (QED) is 0.399. The Labute approximate surface area is 236 Å². The lowest BCUT2D eigenvalue weighted by Crippen LogP contribution is -2.41. The van der Waals surface area contributed by atoms with Crippen LogP contribution in [-0.4, -0.2) is 43.8 Å². The van der Waals surface area contributed by atoms with Gasteiger partial charge in [0.05, 0.1) is 29.0 Å². The summed E-state index contributed by atoms with van der Waals surface area (Å²) < 4.78 is 30.0. The number of benzene rings is 2. The molecule has 1 N–H and O–H groups in total. The molecule has 2 amide bonds. The molecule has 3 aliphatic rings. The molecule has 2 aromatic carbocycles. The van der Waals surface area contributed by atoms with Crippen LogP contribution in [0.15, 0.2) is 47.4 Å². The zero-order valence-corrected chi connectivity index (χ0v) is 24.2. The standard InChI is InChI=1S/C31H36N4O4S/c1-4-40(37,38)24-12-7-21(8-13-24)18-32-30(36)35-19-31(15-5-6-16-31)25-17-23(11-14-26(25)35)27-28(22-9-10-22)33-20(2)34-29(27)39-3/h7-8,11-14,17,22H,4-6,9-10,15-16,18-19H2,1-3H3,(H,32,36). The molecule has 1 spiro atoms. The van der Waals surface area contributed by atoms with Crippen molar-refractivity contribution in [2.45, 2.75) is 75.1 Å². The van der Waals surface area contributed by atoms with Crippen LogP contribution in [0.5, 0.6) is 5.88 Å². The lowest BCUT2D eigenvalue weighted by atomic mass is 9.80. The van der Waals surface area contributed by atoms with Crippen LogP contribution < -0.4 is 15.0 Å². The van der Waals surface area contributed by atoms with E-state index in [-0.39, 0.29) is 17.2 Å². The number of nitrogens with zero attached hydrogens (tertiary/aromatic N) is 3. The summed E-state index contributed by atoms with van der Waals surface area (Å²) in [6.45, 7) is 4.52. The van der Waals surface area contributed by atoms with E-state index in [1.807, 2.05) is 11.8 Å². The molecule has 0 bridgehead atoms. The number of ether oxygens (including phenoxy) is 1. The molecule has 0 unspecified atom stereocenters. The van der Waals surface area contributed by atoms with Crippen LogP contribution in [0.3, 0.4) is 0 Å². The van der Waals surface area contributed by atoms with Gasteiger partial charge in [-0.15, -0.1) is 0 Å². The zero-order chi connectivity index (χ0) is 28.1. The Morgan fingerprint density at radius 3 is 2.48 bits per heavy atom. The van der Waals surface area contributed by atoms with Gasteiger partial charge in [0.2, 0.25) is 5.88 Å². The van der Waals surface area contributed by atoms with E-state index in [1.54, 1.807) is 38.3 Å². The molecule has 2 aliphatic carbocycles. The predicted octanol–water partition coefficient (Wildman–Crippen LogP) is 5.67. The second-order valence-corrected chi connectivity index (χ2v) is 13.6. The molecule has 9 heteroatoms. The first-order chi connectivity index (χ1) is 19.2. The molecule has 2 heterocycles. The van der Waals surface area contributed by atoms with Crippen molar-refractivity contribution in [1.29, 1.82) is 0 Å². The number of methoxy groups -OCH3 is 1. The minimum absolute atomic E-state index is 0.0582. The highest BCUT2D eigenvalue weighted by atomic mass is 32.2. The van der Waals surface area contributed by atoms with E-state index < -0.39 is 9.84 Å². The molecule has 1 aromatic heterocycles. The molecule has 3 aromatic rings. The fourth-order valence-electron chi connectivity index (χ4n) is 6.38. The molecule has 2 fully saturated rings. The molecular formula is C31H36N4O4S. The molecule has 0 atom stereocenters. The summed E-state index contributed by atoms with van der Waals surface area (Å²) in [4.78, 5) is 25.1. The van der Waals surface area contributed by atoms with E-state index in [9.17, 15) is 13.2 Å². The molecule has 40 heavy (non-hydrogen) atoms. The third-order valence-corrected chi connectivity index (χ3v) is 10.4. The summed E-state index contributed by atoms with van der Waals surface area (Å²) in [5, 5.41) is 3.06. The van der Waals surface area contributed by atoms with E-state index >= 15 is 0 Å². The number of fused-ring (bicyclic) bond motifs is 2. The Bertz CT molecular complexity index is 1560. The molecule has 0 saturated heterocycles. The SMILES string of the molecule is CCS(=O)(=O)c1ccc(CNC(=O)N2CC3(CCCC3)c3cc(-c4c(OC)nc(C)nc4C4CC4)ccc32)cc1. The van der Waals surface area contributed by atoms with Crippen molar-refractivity contribution in [1.82, 2.24) is 15.3 Å². The third kappa shape index (κ3) is 4.74. The maximum Gasteiger partial charge on any atom is 0.322 e. The fourth-order valence-corrected chi connectivity index (χ4v) is 7.26. The average Bonchev–Trinajstić information content (AvgIpc) is 3.63. The van der Waals surface area contributed by atoms with Crippen LogP contribution in [0, 0.1) is 6.92 Å². The Kier molecular flexibility index (Phi) is 6.81. The van der Waals surface area contributed by atoms with Crippen molar-refractivity contribution in [2.75, 3.05) is 24.3 Å². The largest absolute Gasteiger partial charge is 0.480 e. The number of hydrogen-bond donors (Lipinski definition) is 1. The van der Waals surface area contributed by atoms with Gasteiger partial charge in [-0.1, -0.05) is 38.0 Å². The van der Waals surface area contributed by atoms with E-state index in [0.717, 1.165) is 72.4 Å². The van der Waals surface area contributed by atoms with Gasteiger partial charge in [0.15, 0.2) is 9.84 Å². The maximum atomic E-state index is 13.5. The second kappa shape index (κ2) is 10.2. The topological polar surface area (TPSA) is 101 Å². The predicted molar refractivity (Wildman–Crippen MR) is 155 cm³/mol. The van der Waals surface area contributed by atoms with Gasteiger partial charge in [0.1, 0.15) is 5.82 Å². The summed E-state index contributed by atoms with van der Waals surface area (Å²) in [5.74, 6) is 1.84. The molecule has 210 valence electrons. The second-order valence-electron chi connectivity index (χ2n) is 11.3.